The van der Waals surface area contributed by atoms with Crippen LogP contribution >= 0.6 is 0 Å². The number of phenols is 1. The van der Waals surface area contributed by atoms with Crippen LogP contribution in [-0.4, -0.2) is 44.9 Å². The van der Waals surface area contributed by atoms with Crippen molar-refractivity contribution in [3.05, 3.63) is 29.3 Å². The van der Waals surface area contributed by atoms with Gasteiger partial charge in [0.25, 0.3) is 0 Å². The molecule has 0 amide bonds. The van der Waals surface area contributed by atoms with Crippen LogP contribution in [0.4, 0.5) is 5.69 Å². The lowest BCUT2D eigenvalue weighted by Crippen LogP contribution is -2.17. The van der Waals surface area contributed by atoms with Crippen LogP contribution in [0.15, 0.2) is 23.8 Å². The lowest BCUT2D eigenvalue weighted by atomic mass is 10.1. The summed E-state index contributed by atoms with van der Waals surface area (Å²) in [4.78, 5) is 25.2. The molecule has 0 unspecified atom stereocenters. The van der Waals surface area contributed by atoms with E-state index in [0.29, 0.717) is 5.56 Å². The SMILES string of the molecule is CCOC(=O)C(=Cc1ccc(N(C)C)cc1O)C(=O)OC. The largest absolute Gasteiger partial charge is 0.507 e. The lowest BCUT2D eigenvalue weighted by Gasteiger charge is -2.13. The second-order valence-corrected chi connectivity index (χ2v) is 4.41. The summed E-state index contributed by atoms with van der Waals surface area (Å²) in [7, 11) is 4.84. The Bertz CT molecular complexity index is 563. The number of esters is 2. The van der Waals surface area contributed by atoms with Crippen LogP contribution in [0.5, 0.6) is 5.75 Å². The molecule has 0 heterocycles. The van der Waals surface area contributed by atoms with E-state index in [0.717, 1.165) is 5.69 Å². The maximum atomic E-state index is 11.8. The van der Waals surface area contributed by atoms with Gasteiger partial charge >= 0.3 is 11.9 Å². The van der Waals surface area contributed by atoms with E-state index in [-0.39, 0.29) is 17.9 Å². The fourth-order valence-corrected chi connectivity index (χ4v) is 1.61. The Hall–Kier alpha value is -2.50. The van der Waals surface area contributed by atoms with Gasteiger partial charge in [0.1, 0.15) is 11.3 Å². The highest BCUT2D eigenvalue weighted by molar-refractivity contribution is 6.17. The summed E-state index contributed by atoms with van der Waals surface area (Å²) >= 11 is 0. The summed E-state index contributed by atoms with van der Waals surface area (Å²) in [5.74, 6) is -1.66. The molecule has 0 saturated heterocycles. The van der Waals surface area contributed by atoms with Crippen LogP contribution in [-0.2, 0) is 19.1 Å². The van der Waals surface area contributed by atoms with Gasteiger partial charge in [-0.15, -0.1) is 0 Å². The quantitative estimate of drug-likeness (QED) is 0.384. The molecule has 6 heteroatoms. The van der Waals surface area contributed by atoms with E-state index >= 15 is 0 Å². The maximum Gasteiger partial charge on any atom is 0.345 e. The summed E-state index contributed by atoms with van der Waals surface area (Å²) in [6.07, 6.45) is 1.25. The first-order valence-electron chi connectivity index (χ1n) is 6.38. The van der Waals surface area contributed by atoms with Gasteiger partial charge in [0.2, 0.25) is 0 Å². The summed E-state index contributed by atoms with van der Waals surface area (Å²) in [5, 5.41) is 9.98. The van der Waals surface area contributed by atoms with Crippen molar-refractivity contribution >= 4 is 23.7 Å². The number of benzene rings is 1. The molecule has 0 bridgehead atoms. The molecule has 0 spiro atoms. The number of rotatable bonds is 5. The van der Waals surface area contributed by atoms with Crippen LogP contribution in [0.3, 0.4) is 0 Å². The molecule has 21 heavy (non-hydrogen) atoms. The van der Waals surface area contributed by atoms with Gasteiger partial charge in [-0.1, -0.05) is 0 Å². The molecule has 0 aromatic heterocycles. The highest BCUT2D eigenvalue weighted by Gasteiger charge is 2.21. The molecule has 1 aromatic rings. The molecule has 0 fully saturated rings. The van der Waals surface area contributed by atoms with Gasteiger partial charge in [-0.3, -0.25) is 0 Å². The van der Waals surface area contributed by atoms with Gasteiger partial charge in [-0.05, 0) is 25.1 Å². The van der Waals surface area contributed by atoms with Crippen LogP contribution < -0.4 is 4.90 Å². The van der Waals surface area contributed by atoms with Crippen molar-refractivity contribution in [2.45, 2.75) is 6.92 Å². The van der Waals surface area contributed by atoms with E-state index in [9.17, 15) is 14.7 Å². The third-order valence-electron chi connectivity index (χ3n) is 2.73. The Labute approximate surface area is 123 Å². The van der Waals surface area contributed by atoms with E-state index in [4.69, 9.17) is 4.74 Å². The third kappa shape index (κ3) is 4.24. The first kappa shape index (κ1) is 16.6. The van der Waals surface area contributed by atoms with E-state index in [1.165, 1.54) is 19.3 Å². The molecule has 1 N–H and O–H groups in total. The second kappa shape index (κ2) is 7.33. The molecule has 0 aliphatic carbocycles. The molecule has 0 atom stereocenters. The summed E-state index contributed by atoms with van der Waals surface area (Å²) in [6, 6.07) is 4.89. The zero-order valence-electron chi connectivity index (χ0n) is 12.5. The predicted molar refractivity (Wildman–Crippen MR) is 79.1 cm³/mol. The van der Waals surface area contributed by atoms with Crippen LogP contribution in [0.2, 0.25) is 0 Å². The topological polar surface area (TPSA) is 76.1 Å². The van der Waals surface area contributed by atoms with Crippen molar-refractivity contribution in [2.24, 2.45) is 0 Å². The van der Waals surface area contributed by atoms with Gasteiger partial charge in [-0.25, -0.2) is 9.59 Å². The van der Waals surface area contributed by atoms with Crippen molar-refractivity contribution in [3.63, 3.8) is 0 Å². The first-order chi connectivity index (χ1) is 9.90. The molecule has 0 radical (unpaired) electrons. The van der Waals surface area contributed by atoms with Crippen molar-refractivity contribution < 1.29 is 24.2 Å². The number of carbonyl (C=O) groups is 2. The Morgan fingerprint density at radius 3 is 2.43 bits per heavy atom. The molecule has 0 aliphatic heterocycles. The summed E-state index contributed by atoms with van der Waals surface area (Å²) < 4.78 is 9.36. The van der Waals surface area contributed by atoms with Crippen LogP contribution in [0, 0.1) is 0 Å². The molecule has 1 aromatic carbocycles. The number of nitrogens with zero attached hydrogens (tertiary/aromatic N) is 1. The zero-order valence-corrected chi connectivity index (χ0v) is 12.5. The number of ether oxygens (including phenoxy) is 2. The highest BCUT2D eigenvalue weighted by Crippen LogP contribution is 2.26. The van der Waals surface area contributed by atoms with E-state index < -0.39 is 11.9 Å². The standard InChI is InChI=1S/C15H19NO5/c1-5-21-15(19)12(14(18)20-4)8-10-6-7-11(16(2)3)9-13(10)17/h6-9,17H,5H2,1-4H3. The Morgan fingerprint density at radius 2 is 1.95 bits per heavy atom. The number of aromatic hydroxyl groups is 1. The smallest absolute Gasteiger partial charge is 0.345 e. The molecule has 0 aliphatic rings. The molecule has 6 nitrogen and oxygen atoms in total. The van der Waals surface area contributed by atoms with E-state index in [1.807, 2.05) is 19.0 Å². The normalized spacial score (nSPS) is 11.0. The minimum absolute atomic E-state index is 0.0492. The van der Waals surface area contributed by atoms with Crippen molar-refractivity contribution in [3.8, 4) is 5.75 Å². The Kier molecular flexibility index (Phi) is 5.78. The van der Waals surface area contributed by atoms with E-state index in [2.05, 4.69) is 4.74 Å². The minimum Gasteiger partial charge on any atom is -0.507 e. The Balaban J connectivity index is 3.21. The molecule has 114 valence electrons. The monoisotopic (exact) mass is 293 g/mol. The number of phenolic OH excluding ortho intramolecular Hbond substituents is 1. The highest BCUT2D eigenvalue weighted by atomic mass is 16.5. The van der Waals surface area contributed by atoms with Crippen molar-refractivity contribution in [1.82, 2.24) is 0 Å². The summed E-state index contributed by atoms with van der Waals surface area (Å²) in [5.41, 5.74) is 0.849. The average Bonchev–Trinajstić information content (AvgIpc) is 2.45. The minimum atomic E-state index is -0.815. The van der Waals surface area contributed by atoms with Crippen molar-refractivity contribution in [2.75, 3.05) is 32.7 Å². The van der Waals surface area contributed by atoms with Gasteiger partial charge < -0.3 is 19.5 Å². The number of carbonyl (C=O) groups excluding carboxylic acids is 2. The lowest BCUT2D eigenvalue weighted by molar-refractivity contribution is -0.145. The number of hydrogen-bond donors (Lipinski definition) is 1. The predicted octanol–water partition coefficient (Wildman–Crippen LogP) is 1.58. The fraction of sp³-hybridized carbons (Fsp3) is 0.333. The first-order valence-corrected chi connectivity index (χ1v) is 6.38. The zero-order chi connectivity index (χ0) is 16.0. The molecule has 0 saturated carbocycles. The fourth-order valence-electron chi connectivity index (χ4n) is 1.61. The number of hydrogen-bond acceptors (Lipinski definition) is 6. The molecular formula is C15H19NO5. The van der Waals surface area contributed by atoms with Gasteiger partial charge in [-0.2, -0.15) is 0 Å². The second-order valence-electron chi connectivity index (χ2n) is 4.41. The maximum absolute atomic E-state index is 11.8. The summed E-state index contributed by atoms with van der Waals surface area (Å²) in [6.45, 7) is 1.77. The van der Waals surface area contributed by atoms with E-state index in [1.54, 1.807) is 19.1 Å². The molecular weight excluding hydrogens is 274 g/mol. The van der Waals surface area contributed by atoms with Crippen LogP contribution in [0.1, 0.15) is 12.5 Å². The van der Waals surface area contributed by atoms with Crippen LogP contribution in [0.25, 0.3) is 6.08 Å². The number of methoxy groups -OCH3 is 1. The molecule has 1 rings (SSSR count). The third-order valence-corrected chi connectivity index (χ3v) is 2.73. The van der Waals surface area contributed by atoms with Gasteiger partial charge in [0.15, 0.2) is 0 Å². The van der Waals surface area contributed by atoms with Crippen molar-refractivity contribution in [1.29, 1.82) is 0 Å². The van der Waals surface area contributed by atoms with Gasteiger partial charge in [0, 0.05) is 31.4 Å². The average molecular weight is 293 g/mol. The Morgan fingerprint density at radius 1 is 1.29 bits per heavy atom. The number of anilines is 1. The van der Waals surface area contributed by atoms with Gasteiger partial charge in [0.05, 0.1) is 13.7 Å².